The summed E-state index contributed by atoms with van der Waals surface area (Å²) in [4.78, 5) is 2.40. The van der Waals surface area contributed by atoms with E-state index in [0.717, 1.165) is 24.6 Å². The number of rotatable bonds is 3. The smallest absolute Gasteiger partial charge is 0.0994 e. The molecule has 3 unspecified atom stereocenters. The van der Waals surface area contributed by atoms with E-state index in [2.05, 4.69) is 18.7 Å². The van der Waals surface area contributed by atoms with Gasteiger partial charge in [0, 0.05) is 19.1 Å². The lowest BCUT2D eigenvalue weighted by Gasteiger charge is -2.31. The number of β-amino-alcohol motifs (C(OH)–C–C–N with tert-alkyl or cyclic N) is 1. The van der Waals surface area contributed by atoms with E-state index in [9.17, 15) is 5.11 Å². The van der Waals surface area contributed by atoms with Crippen LogP contribution >= 0.6 is 0 Å². The van der Waals surface area contributed by atoms with Crippen LogP contribution in [-0.2, 0) is 5.60 Å². The van der Waals surface area contributed by atoms with Crippen LogP contribution < -0.4 is 0 Å². The lowest BCUT2D eigenvalue weighted by Crippen LogP contribution is -2.40. The summed E-state index contributed by atoms with van der Waals surface area (Å²) in [5.41, 5.74) is 0.256. The third kappa shape index (κ3) is 2.88. The van der Waals surface area contributed by atoms with Crippen LogP contribution in [0.15, 0.2) is 30.3 Å². The second-order valence-electron chi connectivity index (χ2n) is 5.76. The lowest BCUT2D eigenvalue weighted by atomic mass is 9.95. The summed E-state index contributed by atoms with van der Waals surface area (Å²) in [7, 11) is 0. The molecule has 2 nitrogen and oxygen atoms in total. The molecule has 1 N–H and O–H groups in total. The molecule has 0 amide bonds. The van der Waals surface area contributed by atoms with Gasteiger partial charge in [-0.1, -0.05) is 37.3 Å². The molecule has 1 aliphatic rings. The van der Waals surface area contributed by atoms with E-state index in [1.54, 1.807) is 0 Å². The fraction of sp³-hybridized carbons (Fsp3) is 0.600. The Morgan fingerprint density at radius 1 is 1.29 bits per heavy atom. The quantitative estimate of drug-likeness (QED) is 0.867. The van der Waals surface area contributed by atoms with Crippen molar-refractivity contribution >= 4 is 0 Å². The third-order valence-electron chi connectivity index (χ3n) is 3.82. The number of benzene rings is 1. The summed E-state index contributed by atoms with van der Waals surface area (Å²) in [6.45, 7) is 8.28. The van der Waals surface area contributed by atoms with Crippen LogP contribution in [0.1, 0.15) is 32.8 Å². The van der Waals surface area contributed by atoms with Gasteiger partial charge in [-0.25, -0.2) is 0 Å². The zero-order chi connectivity index (χ0) is 12.5. The molecular weight excluding hydrogens is 210 g/mol. The van der Waals surface area contributed by atoms with E-state index in [-0.39, 0.29) is 0 Å². The molecule has 1 fully saturated rings. The van der Waals surface area contributed by atoms with Crippen LogP contribution in [0, 0.1) is 5.92 Å². The zero-order valence-electron chi connectivity index (χ0n) is 11.1. The summed E-state index contributed by atoms with van der Waals surface area (Å²) >= 11 is 0. The van der Waals surface area contributed by atoms with Crippen LogP contribution in [-0.4, -0.2) is 29.1 Å². The van der Waals surface area contributed by atoms with Crippen molar-refractivity contribution in [2.75, 3.05) is 13.1 Å². The largest absolute Gasteiger partial charge is 0.384 e. The normalized spacial score (nSPS) is 29.2. The zero-order valence-corrected chi connectivity index (χ0v) is 11.1. The van der Waals surface area contributed by atoms with Gasteiger partial charge in [0.1, 0.15) is 0 Å². The van der Waals surface area contributed by atoms with Crippen LogP contribution in [0.2, 0.25) is 0 Å². The van der Waals surface area contributed by atoms with Crippen LogP contribution in [0.4, 0.5) is 0 Å². The first kappa shape index (κ1) is 12.6. The molecule has 1 heterocycles. The predicted molar refractivity (Wildman–Crippen MR) is 70.8 cm³/mol. The van der Waals surface area contributed by atoms with Crippen molar-refractivity contribution in [3.63, 3.8) is 0 Å². The third-order valence-corrected chi connectivity index (χ3v) is 3.82. The molecule has 17 heavy (non-hydrogen) atoms. The molecule has 0 aromatic heterocycles. The van der Waals surface area contributed by atoms with Gasteiger partial charge >= 0.3 is 0 Å². The van der Waals surface area contributed by atoms with Crippen LogP contribution in [0.3, 0.4) is 0 Å². The Labute approximate surface area is 104 Å². The first-order valence-corrected chi connectivity index (χ1v) is 6.51. The van der Waals surface area contributed by atoms with Crippen molar-refractivity contribution < 1.29 is 5.11 Å². The fourth-order valence-corrected chi connectivity index (χ4v) is 2.89. The van der Waals surface area contributed by atoms with Gasteiger partial charge in [0.05, 0.1) is 5.60 Å². The average molecular weight is 233 g/mol. The van der Waals surface area contributed by atoms with Gasteiger partial charge in [-0.05, 0) is 31.7 Å². The first-order chi connectivity index (χ1) is 7.99. The highest BCUT2D eigenvalue weighted by atomic mass is 16.3. The molecule has 2 rings (SSSR count). The minimum atomic E-state index is -0.750. The molecule has 0 bridgehead atoms. The molecule has 0 saturated carbocycles. The molecule has 1 aromatic carbocycles. The Morgan fingerprint density at radius 2 is 1.94 bits per heavy atom. The van der Waals surface area contributed by atoms with Gasteiger partial charge in [-0.15, -0.1) is 0 Å². The Morgan fingerprint density at radius 3 is 2.47 bits per heavy atom. The van der Waals surface area contributed by atoms with Crippen LogP contribution in [0.5, 0.6) is 0 Å². The molecule has 0 radical (unpaired) electrons. The van der Waals surface area contributed by atoms with E-state index >= 15 is 0 Å². The molecule has 0 aliphatic carbocycles. The van der Waals surface area contributed by atoms with Gasteiger partial charge < -0.3 is 5.11 Å². The van der Waals surface area contributed by atoms with E-state index in [1.807, 2.05) is 37.3 Å². The fourth-order valence-electron chi connectivity index (χ4n) is 2.89. The predicted octanol–water partition coefficient (Wildman–Crippen LogP) is 2.62. The molecule has 3 atom stereocenters. The molecule has 1 aliphatic heterocycles. The number of nitrogens with zero attached hydrogens (tertiary/aromatic N) is 1. The number of hydrogen-bond donors (Lipinski definition) is 1. The second-order valence-corrected chi connectivity index (χ2v) is 5.76. The molecule has 1 saturated heterocycles. The van der Waals surface area contributed by atoms with Gasteiger partial charge in [-0.2, -0.15) is 0 Å². The number of aliphatic hydroxyl groups is 1. The summed E-state index contributed by atoms with van der Waals surface area (Å²) in [6.07, 6.45) is 1.24. The van der Waals surface area contributed by atoms with Crippen molar-refractivity contribution in [2.24, 2.45) is 5.92 Å². The maximum absolute atomic E-state index is 10.6. The Kier molecular flexibility index (Phi) is 3.55. The first-order valence-electron chi connectivity index (χ1n) is 6.51. The van der Waals surface area contributed by atoms with Crippen molar-refractivity contribution in [1.29, 1.82) is 0 Å². The minimum Gasteiger partial charge on any atom is -0.384 e. The summed E-state index contributed by atoms with van der Waals surface area (Å²) in [6, 6.07) is 10.5. The standard InChI is InChI=1S/C15H23NO/c1-12-9-13(2)16(10-12)11-15(3,17)14-7-5-4-6-8-14/h4-8,12-13,17H,9-11H2,1-3H3. The maximum Gasteiger partial charge on any atom is 0.0994 e. The van der Waals surface area contributed by atoms with Gasteiger partial charge in [-0.3, -0.25) is 4.90 Å². The molecule has 1 aromatic rings. The van der Waals surface area contributed by atoms with Gasteiger partial charge in [0.2, 0.25) is 0 Å². The minimum absolute atomic E-state index is 0.584. The highest BCUT2D eigenvalue weighted by Gasteiger charge is 2.32. The van der Waals surface area contributed by atoms with Gasteiger partial charge in [0.15, 0.2) is 0 Å². The van der Waals surface area contributed by atoms with Crippen LogP contribution in [0.25, 0.3) is 0 Å². The van der Waals surface area contributed by atoms with Crippen molar-refractivity contribution in [2.45, 2.75) is 38.8 Å². The summed E-state index contributed by atoms with van der Waals surface area (Å²) in [5, 5.41) is 10.6. The Bertz CT molecular complexity index is 360. The SMILES string of the molecule is CC1CC(C)N(CC(C)(O)c2ccccc2)C1. The number of likely N-dealkylation sites (tertiary alicyclic amines) is 1. The van der Waals surface area contributed by atoms with E-state index in [0.29, 0.717) is 6.04 Å². The lowest BCUT2D eigenvalue weighted by molar-refractivity contribution is 0.0132. The van der Waals surface area contributed by atoms with Crippen molar-refractivity contribution in [1.82, 2.24) is 4.90 Å². The summed E-state index contributed by atoms with van der Waals surface area (Å²) in [5.74, 6) is 0.747. The monoisotopic (exact) mass is 233 g/mol. The van der Waals surface area contributed by atoms with Crippen molar-refractivity contribution in [3.8, 4) is 0 Å². The van der Waals surface area contributed by atoms with E-state index in [1.165, 1.54) is 6.42 Å². The Balaban J connectivity index is 2.07. The topological polar surface area (TPSA) is 23.5 Å². The highest BCUT2D eigenvalue weighted by molar-refractivity contribution is 5.22. The molecule has 94 valence electrons. The average Bonchev–Trinajstić information content (AvgIpc) is 2.58. The summed E-state index contributed by atoms with van der Waals surface area (Å²) < 4.78 is 0. The van der Waals surface area contributed by atoms with Gasteiger partial charge in [0.25, 0.3) is 0 Å². The van der Waals surface area contributed by atoms with E-state index < -0.39 is 5.60 Å². The number of hydrogen-bond acceptors (Lipinski definition) is 2. The maximum atomic E-state index is 10.6. The molecule has 2 heteroatoms. The van der Waals surface area contributed by atoms with Crippen molar-refractivity contribution in [3.05, 3.63) is 35.9 Å². The molecule has 0 spiro atoms. The highest BCUT2D eigenvalue weighted by Crippen LogP contribution is 2.28. The van der Waals surface area contributed by atoms with E-state index in [4.69, 9.17) is 0 Å². The Hall–Kier alpha value is -0.860. The second kappa shape index (κ2) is 4.79. The molecular formula is C15H23NO.